The molecule has 166 valence electrons. The smallest absolute Gasteiger partial charge is 0.261 e. The average Bonchev–Trinajstić information content (AvgIpc) is 2.80. The first kappa shape index (κ1) is 21.8. The van der Waals surface area contributed by atoms with Gasteiger partial charge in [0.05, 0.1) is 10.6 Å². The normalized spacial score (nSPS) is 14.1. The molecule has 1 fully saturated rings. The quantitative estimate of drug-likeness (QED) is 0.589. The Labute approximate surface area is 187 Å². The summed E-state index contributed by atoms with van der Waals surface area (Å²) in [4.78, 5) is 13.5. The Bertz CT molecular complexity index is 1190. The van der Waals surface area contributed by atoms with E-state index in [2.05, 4.69) is 25.1 Å². The molecule has 0 radical (unpaired) electrons. The molecule has 0 spiro atoms. The molecule has 1 aromatic heterocycles. The highest BCUT2D eigenvalue weighted by Crippen LogP contribution is 2.25. The standard InChI is InChI=1S/C23H25N5O3S/c1-17(29)24-19-8-10-21(11-9-19)32(30,31)27-20-7-5-6-18(16-20)22-12-13-23(26-25-22)28-14-3-2-4-15-28/h5-13,16,27H,2-4,14-15H2,1H3,(H,24,29). The van der Waals surface area contributed by atoms with Gasteiger partial charge in [-0.25, -0.2) is 8.42 Å². The first-order valence-electron chi connectivity index (χ1n) is 10.5. The Hall–Kier alpha value is -3.46. The highest BCUT2D eigenvalue weighted by Gasteiger charge is 2.16. The number of amides is 1. The van der Waals surface area contributed by atoms with Crippen LogP contribution in [0, 0.1) is 0 Å². The van der Waals surface area contributed by atoms with E-state index in [-0.39, 0.29) is 10.8 Å². The van der Waals surface area contributed by atoms with E-state index in [0.717, 1.165) is 24.5 Å². The van der Waals surface area contributed by atoms with Gasteiger partial charge in [0.1, 0.15) is 0 Å². The summed E-state index contributed by atoms with van der Waals surface area (Å²) < 4.78 is 28.1. The van der Waals surface area contributed by atoms with Crippen molar-refractivity contribution < 1.29 is 13.2 Å². The van der Waals surface area contributed by atoms with Crippen LogP contribution in [0.2, 0.25) is 0 Å². The third-order valence-electron chi connectivity index (χ3n) is 5.23. The van der Waals surface area contributed by atoms with Gasteiger partial charge in [0.2, 0.25) is 5.91 Å². The molecule has 4 rings (SSSR count). The Kier molecular flexibility index (Phi) is 6.36. The Morgan fingerprint density at radius 3 is 2.31 bits per heavy atom. The Morgan fingerprint density at radius 1 is 0.906 bits per heavy atom. The summed E-state index contributed by atoms with van der Waals surface area (Å²) in [6.45, 7) is 3.39. The molecule has 0 aliphatic carbocycles. The first-order valence-corrected chi connectivity index (χ1v) is 12.0. The van der Waals surface area contributed by atoms with Crippen molar-refractivity contribution in [2.75, 3.05) is 28.0 Å². The lowest BCUT2D eigenvalue weighted by Gasteiger charge is -2.27. The molecule has 1 saturated heterocycles. The van der Waals surface area contributed by atoms with Crippen LogP contribution in [-0.2, 0) is 14.8 Å². The zero-order valence-corrected chi connectivity index (χ0v) is 18.6. The predicted molar refractivity (Wildman–Crippen MR) is 125 cm³/mol. The fraction of sp³-hybridized carbons (Fsp3) is 0.261. The molecule has 8 nitrogen and oxygen atoms in total. The van der Waals surface area contributed by atoms with Gasteiger partial charge in [-0.1, -0.05) is 12.1 Å². The second kappa shape index (κ2) is 9.35. The molecular weight excluding hydrogens is 426 g/mol. The van der Waals surface area contributed by atoms with Crippen LogP contribution in [0.15, 0.2) is 65.6 Å². The minimum Gasteiger partial charge on any atom is -0.355 e. The molecule has 2 aromatic carbocycles. The molecule has 1 amide bonds. The Morgan fingerprint density at radius 2 is 1.66 bits per heavy atom. The number of aromatic nitrogens is 2. The molecule has 3 aromatic rings. The number of hydrogen-bond donors (Lipinski definition) is 2. The summed E-state index contributed by atoms with van der Waals surface area (Å²) in [5.74, 6) is 0.649. The molecule has 0 saturated carbocycles. The van der Waals surface area contributed by atoms with Crippen LogP contribution < -0.4 is 14.9 Å². The van der Waals surface area contributed by atoms with E-state index in [4.69, 9.17) is 0 Å². The minimum atomic E-state index is -3.78. The van der Waals surface area contributed by atoms with E-state index in [1.54, 1.807) is 30.3 Å². The van der Waals surface area contributed by atoms with Gasteiger partial charge in [-0.05, 0) is 67.8 Å². The third-order valence-corrected chi connectivity index (χ3v) is 6.62. The maximum atomic E-state index is 12.8. The SMILES string of the molecule is CC(=O)Nc1ccc(S(=O)(=O)Nc2cccc(-c3ccc(N4CCCCC4)nn3)c2)cc1. The lowest BCUT2D eigenvalue weighted by Crippen LogP contribution is -2.30. The third kappa shape index (κ3) is 5.23. The van der Waals surface area contributed by atoms with Crippen LogP contribution in [-0.4, -0.2) is 37.6 Å². The molecule has 32 heavy (non-hydrogen) atoms. The summed E-state index contributed by atoms with van der Waals surface area (Å²) in [6.07, 6.45) is 3.59. The molecule has 1 aliphatic heterocycles. The number of carbonyl (C=O) groups is 1. The number of piperidine rings is 1. The summed E-state index contributed by atoms with van der Waals surface area (Å²) in [6, 6.07) is 16.9. The topological polar surface area (TPSA) is 104 Å². The van der Waals surface area contributed by atoms with E-state index >= 15 is 0 Å². The number of nitrogens with one attached hydrogen (secondary N) is 2. The molecule has 2 N–H and O–H groups in total. The van der Waals surface area contributed by atoms with Gasteiger partial charge in [0.15, 0.2) is 5.82 Å². The largest absolute Gasteiger partial charge is 0.355 e. The minimum absolute atomic E-state index is 0.0997. The van der Waals surface area contributed by atoms with E-state index in [1.165, 1.54) is 38.3 Å². The van der Waals surface area contributed by atoms with Crippen LogP contribution in [0.1, 0.15) is 26.2 Å². The molecular formula is C23H25N5O3S. The van der Waals surface area contributed by atoms with Crippen molar-refractivity contribution in [3.63, 3.8) is 0 Å². The molecule has 1 aliphatic rings. The fourth-order valence-corrected chi connectivity index (χ4v) is 4.70. The van der Waals surface area contributed by atoms with E-state index in [1.807, 2.05) is 18.2 Å². The molecule has 9 heteroatoms. The van der Waals surface area contributed by atoms with Gasteiger partial charge in [-0.15, -0.1) is 10.2 Å². The Balaban J connectivity index is 1.49. The number of hydrogen-bond acceptors (Lipinski definition) is 6. The van der Waals surface area contributed by atoms with Crippen LogP contribution in [0.3, 0.4) is 0 Å². The van der Waals surface area contributed by atoms with Crippen molar-refractivity contribution in [3.05, 3.63) is 60.7 Å². The zero-order valence-electron chi connectivity index (χ0n) is 17.8. The van der Waals surface area contributed by atoms with Gasteiger partial charge in [-0.3, -0.25) is 9.52 Å². The van der Waals surface area contributed by atoms with Crippen molar-refractivity contribution in [1.82, 2.24) is 10.2 Å². The lowest BCUT2D eigenvalue weighted by atomic mass is 10.1. The van der Waals surface area contributed by atoms with Crippen molar-refractivity contribution >= 4 is 33.1 Å². The van der Waals surface area contributed by atoms with Crippen molar-refractivity contribution in [2.24, 2.45) is 0 Å². The average molecular weight is 452 g/mol. The maximum absolute atomic E-state index is 12.8. The summed E-state index contributed by atoms with van der Waals surface area (Å²) in [5, 5.41) is 11.3. The molecule has 0 atom stereocenters. The van der Waals surface area contributed by atoms with E-state index in [9.17, 15) is 13.2 Å². The number of nitrogens with zero attached hydrogens (tertiary/aromatic N) is 3. The van der Waals surface area contributed by atoms with Crippen LogP contribution in [0.25, 0.3) is 11.3 Å². The summed E-state index contributed by atoms with van der Waals surface area (Å²) in [7, 11) is -3.78. The van der Waals surface area contributed by atoms with Crippen LogP contribution in [0.5, 0.6) is 0 Å². The number of benzene rings is 2. The predicted octanol–water partition coefficient (Wildman–Crippen LogP) is 3.89. The molecule has 0 unspecified atom stereocenters. The number of rotatable bonds is 6. The van der Waals surface area contributed by atoms with Gasteiger partial charge in [-0.2, -0.15) is 0 Å². The van der Waals surface area contributed by atoms with Crippen LogP contribution in [0.4, 0.5) is 17.2 Å². The van der Waals surface area contributed by atoms with Gasteiger partial charge < -0.3 is 10.2 Å². The monoisotopic (exact) mass is 451 g/mol. The van der Waals surface area contributed by atoms with E-state index < -0.39 is 10.0 Å². The van der Waals surface area contributed by atoms with Crippen molar-refractivity contribution in [3.8, 4) is 11.3 Å². The summed E-state index contributed by atoms with van der Waals surface area (Å²) >= 11 is 0. The van der Waals surface area contributed by atoms with Crippen molar-refractivity contribution in [2.45, 2.75) is 31.1 Å². The van der Waals surface area contributed by atoms with Gasteiger partial charge in [0, 0.05) is 37.0 Å². The van der Waals surface area contributed by atoms with Gasteiger partial charge >= 0.3 is 0 Å². The lowest BCUT2D eigenvalue weighted by molar-refractivity contribution is -0.114. The van der Waals surface area contributed by atoms with E-state index in [0.29, 0.717) is 17.1 Å². The summed E-state index contributed by atoms with van der Waals surface area (Å²) in [5.41, 5.74) is 2.40. The highest BCUT2D eigenvalue weighted by molar-refractivity contribution is 7.92. The maximum Gasteiger partial charge on any atom is 0.261 e. The zero-order chi connectivity index (χ0) is 22.6. The second-order valence-corrected chi connectivity index (χ2v) is 9.40. The first-order chi connectivity index (χ1) is 15.4. The second-order valence-electron chi connectivity index (χ2n) is 7.72. The van der Waals surface area contributed by atoms with Crippen molar-refractivity contribution in [1.29, 1.82) is 0 Å². The number of anilines is 3. The molecule has 2 heterocycles. The fourth-order valence-electron chi connectivity index (χ4n) is 3.65. The number of sulfonamides is 1. The highest BCUT2D eigenvalue weighted by atomic mass is 32.2. The molecule has 0 bridgehead atoms. The van der Waals surface area contributed by atoms with Gasteiger partial charge in [0.25, 0.3) is 10.0 Å². The van der Waals surface area contributed by atoms with Crippen LogP contribution >= 0.6 is 0 Å². The number of carbonyl (C=O) groups excluding carboxylic acids is 1.